The van der Waals surface area contributed by atoms with E-state index in [0.717, 1.165) is 0 Å². The van der Waals surface area contributed by atoms with E-state index in [1.165, 1.54) is 29.1 Å². The largest absolute Gasteiger partial charge is 0.506 e. The second kappa shape index (κ2) is 8.44. The maximum atomic E-state index is 12.7. The number of halogens is 1. The first-order chi connectivity index (χ1) is 15.1. The molecular weight excluding hydrogens is 433 g/mol. The Bertz CT molecular complexity index is 1280. The third-order valence-corrected chi connectivity index (χ3v) is 5.48. The van der Waals surface area contributed by atoms with Crippen LogP contribution in [0.1, 0.15) is 17.1 Å². The molecule has 3 aromatic rings. The summed E-state index contributed by atoms with van der Waals surface area (Å²) in [5, 5.41) is 15.7. The van der Waals surface area contributed by atoms with Crippen molar-refractivity contribution in [2.75, 3.05) is 0 Å². The van der Waals surface area contributed by atoms with E-state index >= 15 is 0 Å². The van der Waals surface area contributed by atoms with Crippen molar-refractivity contribution in [2.45, 2.75) is 29.7 Å². The van der Waals surface area contributed by atoms with Crippen LogP contribution in [0.15, 0.2) is 35.4 Å². The van der Waals surface area contributed by atoms with Crippen molar-refractivity contribution in [1.29, 1.82) is 0 Å². The molecule has 0 saturated heterocycles. The molecule has 0 aliphatic carbocycles. The Morgan fingerprint density at radius 2 is 1.61 bits per heavy atom. The first-order valence-corrected chi connectivity index (χ1v) is 9.85. The first kappa shape index (κ1) is 25.2. The van der Waals surface area contributed by atoms with Gasteiger partial charge in [0, 0.05) is 24.2 Å². The molecular formula is C19H13B6ClN4O3. The molecule has 3 heterocycles. The predicted molar refractivity (Wildman–Crippen MR) is 131 cm³/mol. The van der Waals surface area contributed by atoms with Crippen molar-refractivity contribution in [3.63, 3.8) is 0 Å². The second-order valence-corrected chi connectivity index (χ2v) is 8.20. The van der Waals surface area contributed by atoms with E-state index in [0.29, 0.717) is 16.9 Å². The topological polar surface area (TPSA) is 101 Å². The van der Waals surface area contributed by atoms with Gasteiger partial charge in [-0.15, -0.1) is 0 Å². The minimum Gasteiger partial charge on any atom is -0.506 e. The molecule has 0 atom stereocenters. The predicted octanol–water partition coefficient (Wildman–Crippen LogP) is 0.0113. The van der Waals surface area contributed by atoms with Gasteiger partial charge in [-0.1, -0.05) is 21.8 Å². The van der Waals surface area contributed by atoms with Crippen LogP contribution in [-0.2, 0) is 5.60 Å². The van der Waals surface area contributed by atoms with Crippen molar-refractivity contribution in [3.8, 4) is 22.8 Å². The highest BCUT2D eigenvalue weighted by atomic mass is 35.5. The van der Waals surface area contributed by atoms with Crippen LogP contribution in [0.5, 0.6) is 5.75 Å². The molecule has 3 rings (SSSR count). The molecule has 7 nitrogen and oxygen atoms in total. The Morgan fingerprint density at radius 1 is 1.00 bits per heavy atom. The summed E-state index contributed by atoms with van der Waals surface area (Å²) in [5.41, 5.74) is -1.33. The highest BCUT2D eigenvalue weighted by molar-refractivity contribution is 6.65. The lowest BCUT2D eigenvalue weighted by molar-refractivity contribution is 0.0290. The van der Waals surface area contributed by atoms with E-state index in [2.05, 4.69) is 15.0 Å². The van der Waals surface area contributed by atoms with Crippen LogP contribution >= 0.6 is 11.6 Å². The van der Waals surface area contributed by atoms with Gasteiger partial charge in [-0.05, 0) is 31.5 Å². The maximum absolute atomic E-state index is 12.7. The number of rotatable bonds is 5. The minimum atomic E-state index is -2.65. The third kappa shape index (κ3) is 4.28. The molecule has 0 spiro atoms. The van der Waals surface area contributed by atoms with E-state index in [9.17, 15) is 15.0 Å². The summed E-state index contributed by atoms with van der Waals surface area (Å²) in [6.45, 7) is 3.37. The van der Waals surface area contributed by atoms with Gasteiger partial charge in [-0.2, -0.15) is 0 Å². The summed E-state index contributed by atoms with van der Waals surface area (Å²) in [6, 6.07) is 4.39. The van der Waals surface area contributed by atoms with Crippen molar-refractivity contribution in [2.24, 2.45) is 0 Å². The van der Waals surface area contributed by atoms with Gasteiger partial charge in [0.25, 0.3) is 5.56 Å². The third-order valence-electron chi connectivity index (χ3n) is 5.12. The highest BCUT2D eigenvalue weighted by Gasteiger charge is 2.50. The molecule has 0 unspecified atom stereocenters. The fourth-order valence-electron chi connectivity index (χ4n) is 3.33. The number of hydrogen-bond acceptors (Lipinski definition) is 6. The van der Waals surface area contributed by atoms with Crippen LogP contribution in [0, 0.1) is 13.8 Å². The molecule has 0 aromatic carbocycles. The Balaban J connectivity index is 2.23. The van der Waals surface area contributed by atoms with Gasteiger partial charge in [0.05, 0.1) is 69.8 Å². The van der Waals surface area contributed by atoms with Gasteiger partial charge in [0.1, 0.15) is 10.8 Å². The van der Waals surface area contributed by atoms with Crippen molar-refractivity contribution in [1.82, 2.24) is 19.5 Å². The molecule has 14 heteroatoms. The molecule has 0 fully saturated rings. The number of hydrogen-bond donors (Lipinski definition) is 2. The molecule has 0 amide bonds. The van der Waals surface area contributed by atoms with Crippen LogP contribution in [0.4, 0.5) is 0 Å². The Kier molecular flexibility index (Phi) is 6.46. The van der Waals surface area contributed by atoms with E-state index in [1.807, 2.05) is 0 Å². The Morgan fingerprint density at radius 3 is 2.18 bits per heavy atom. The lowest BCUT2D eigenvalue weighted by Crippen LogP contribution is -2.53. The number of aromatic nitrogens is 4. The van der Waals surface area contributed by atoms with Gasteiger partial charge in [0.2, 0.25) is 0 Å². The van der Waals surface area contributed by atoms with Crippen LogP contribution in [0.2, 0.25) is 15.2 Å². The molecule has 33 heavy (non-hydrogen) atoms. The summed E-state index contributed by atoms with van der Waals surface area (Å²) in [7, 11) is 34.2. The summed E-state index contributed by atoms with van der Waals surface area (Å²) in [6.07, 6.45) is 2.78. The van der Waals surface area contributed by atoms with Gasteiger partial charge in [0.15, 0.2) is 5.82 Å². The van der Waals surface area contributed by atoms with Gasteiger partial charge >= 0.3 is 0 Å². The lowest BCUT2D eigenvalue weighted by Gasteiger charge is -2.51. The van der Waals surface area contributed by atoms with Crippen LogP contribution in [0.25, 0.3) is 17.1 Å². The Hall–Kier alpha value is -2.38. The summed E-state index contributed by atoms with van der Waals surface area (Å²) in [4.78, 5) is 25.2. The SMILES string of the molecule is [B]C([B])([B])C(O)(c1nccc(-c2cc(-n3c(C)cc(O)c(Cl)c3=O)c(C)cn2)n1)C([B])([B])[B]. The van der Waals surface area contributed by atoms with E-state index < -0.39 is 27.2 Å². The van der Waals surface area contributed by atoms with Crippen LogP contribution < -0.4 is 5.56 Å². The molecule has 2 N–H and O–H groups in total. The molecule has 0 saturated carbocycles. The summed E-state index contributed by atoms with van der Waals surface area (Å²) < 4.78 is 1.32. The molecule has 0 bridgehead atoms. The molecule has 0 aliphatic rings. The second-order valence-electron chi connectivity index (χ2n) is 7.82. The zero-order chi connectivity index (χ0) is 24.9. The molecule has 0 aliphatic heterocycles. The molecule has 12 radical (unpaired) electrons. The Labute approximate surface area is 203 Å². The van der Waals surface area contributed by atoms with Crippen LogP contribution in [0.3, 0.4) is 0 Å². The molecule has 152 valence electrons. The number of aliphatic hydroxyl groups is 1. The fraction of sp³-hybridized carbons (Fsp3) is 0.263. The van der Waals surface area contributed by atoms with E-state index in [1.54, 1.807) is 19.9 Å². The standard InChI is InChI=1S/C19H13B6ClN4O3/c1-8-7-28-11(6-12(8)30-9(2)5-13(31)14(26)15(30)32)10-3-4-27-16(29-10)17(33,18(20,21)22)19(23,24)25/h3-7,31,33H,1-2H3. The average Bonchev–Trinajstić information content (AvgIpc) is 2.71. The number of nitrogens with zero attached hydrogens (tertiary/aromatic N) is 4. The minimum absolute atomic E-state index is 0.184. The van der Waals surface area contributed by atoms with E-state index in [-0.39, 0.29) is 22.2 Å². The normalized spacial score (nSPS) is 12.6. The summed E-state index contributed by atoms with van der Waals surface area (Å²) in [5.74, 6) is -0.769. The lowest BCUT2D eigenvalue weighted by atomic mass is 9.23. The number of aryl methyl sites for hydroxylation is 2. The van der Waals surface area contributed by atoms with Gasteiger partial charge in [-0.3, -0.25) is 14.3 Å². The van der Waals surface area contributed by atoms with Gasteiger partial charge < -0.3 is 10.2 Å². The first-order valence-electron chi connectivity index (χ1n) is 9.47. The van der Waals surface area contributed by atoms with Crippen molar-refractivity contribution >= 4 is 58.7 Å². The van der Waals surface area contributed by atoms with Crippen molar-refractivity contribution in [3.05, 3.63) is 63.1 Å². The monoisotopic (exact) mass is 446 g/mol. The average molecular weight is 446 g/mol. The van der Waals surface area contributed by atoms with Crippen molar-refractivity contribution < 1.29 is 10.2 Å². The zero-order valence-electron chi connectivity index (χ0n) is 17.8. The van der Waals surface area contributed by atoms with Crippen LogP contribution in [-0.4, -0.2) is 76.8 Å². The zero-order valence-corrected chi connectivity index (χ0v) is 18.6. The quantitative estimate of drug-likeness (QED) is 0.537. The maximum Gasteiger partial charge on any atom is 0.277 e. The van der Waals surface area contributed by atoms with Gasteiger partial charge in [-0.25, -0.2) is 9.97 Å². The molecule has 3 aromatic heterocycles. The number of pyridine rings is 2. The summed E-state index contributed by atoms with van der Waals surface area (Å²) >= 11 is 5.95. The van der Waals surface area contributed by atoms with E-state index in [4.69, 9.17) is 58.7 Å². The highest BCUT2D eigenvalue weighted by Crippen LogP contribution is 2.49. The number of aromatic hydroxyl groups is 1. The fourth-order valence-corrected chi connectivity index (χ4v) is 3.46. The smallest absolute Gasteiger partial charge is 0.277 e.